The number of rotatable bonds is 11. The molecule has 0 aliphatic rings. The Morgan fingerprint density at radius 1 is 1.05 bits per heavy atom. The summed E-state index contributed by atoms with van der Waals surface area (Å²) in [5.74, 6) is 0.767. The molecule has 0 aliphatic heterocycles. The van der Waals surface area contributed by atoms with Gasteiger partial charge in [-0.3, -0.25) is 9.59 Å². The molecule has 0 saturated carbocycles. The zero-order valence-electron chi connectivity index (χ0n) is 21.2. The molecule has 2 heterocycles. The van der Waals surface area contributed by atoms with E-state index >= 15 is 0 Å². The number of imidazole rings is 1. The number of aryl methyl sites for hydroxylation is 1. The Balaban J connectivity index is 1.50. The number of nitrogens with two attached hydrogens (primary N) is 2. The van der Waals surface area contributed by atoms with Crippen molar-refractivity contribution >= 4 is 69.1 Å². The summed E-state index contributed by atoms with van der Waals surface area (Å²) >= 11 is 11.9. The van der Waals surface area contributed by atoms with Gasteiger partial charge in [-0.15, -0.1) is 23.2 Å². The molecular weight excluding hydrogens is 541 g/mol. The third-order valence-electron chi connectivity index (χ3n) is 5.86. The maximum atomic E-state index is 13.1. The molecule has 2 aromatic heterocycles. The predicted octanol–water partition coefficient (Wildman–Crippen LogP) is 3.32. The van der Waals surface area contributed by atoms with E-state index in [4.69, 9.17) is 34.7 Å². The number of guanidine groups is 1. The van der Waals surface area contributed by atoms with Crippen molar-refractivity contribution in [2.24, 2.45) is 23.5 Å². The Labute approximate surface area is 235 Å². The Kier molecular flexibility index (Phi) is 8.95. The summed E-state index contributed by atoms with van der Waals surface area (Å²) in [7, 11) is 1.84. The summed E-state index contributed by atoms with van der Waals surface area (Å²) < 4.78 is 1.83. The highest BCUT2D eigenvalue weighted by molar-refractivity contribution is 6.18. The summed E-state index contributed by atoms with van der Waals surface area (Å²) in [6, 6.07) is 14.6. The van der Waals surface area contributed by atoms with Crippen LogP contribution in [0.2, 0.25) is 0 Å². The van der Waals surface area contributed by atoms with Crippen molar-refractivity contribution in [3.05, 3.63) is 60.3 Å². The van der Waals surface area contributed by atoms with Gasteiger partial charge in [0.15, 0.2) is 11.8 Å². The zero-order chi connectivity index (χ0) is 27.9. The second-order valence-electron chi connectivity index (χ2n) is 8.70. The SMILES string of the molecule is Cn1cc(NC(=O)CN=C(N)N)cc1-c1nc2ccc(C(=O)Nc3cccc(N(CCCl)CCCl)c3)cc2[nH]1. The van der Waals surface area contributed by atoms with Gasteiger partial charge in [-0.1, -0.05) is 6.07 Å². The summed E-state index contributed by atoms with van der Waals surface area (Å²) in [4.78, 5) is 38.8. The highest BCUT2D eigenvalue weighted by atomic mass is 35.5. The molecule has 0 unspecified atom stereocenters. The third-order valence-corrected chi connectivity index (χ3v) is 6.20. The van der Waals surface area contributed by atoms with E-state index in [1.54, 1.807) is 30.5 Å². The van der Waals surface area contributed by atoms with Gasteiger partial charge in [-0.2, -0.15) is 0 Å². The molecule has 4 rings (SSSR count). The molecule has 11 nitrogen and oxygen atoms in total. The minimum atomic E-state index is -0.350. The Morgan fingerprint density at radius 2 is 1.82 bits per heavy atom. The summed E-state index contributed by atoms with van der Waals surface area (Å²) in [6.45, 7) is 1.13. The van der Waals surface area contributed by atoms with Crippen LogP contribution in [-0.4, -0.2) is 63.7 Å². The number of carbonyl (C=O) groups is 2. The van der Waals surface area contributed by atoms with E-state index in [2.05, 4.69) is 30.5 Å². The minimum Gasteiger partial charge on any atom is -0.370 e. The Morgan fingerprint density at radius 3 is 2.54 bits per heavy atom. The quantitative estimate of drug-likeness (QED) is 0.106. The number of aromatic amines is 1. The number of aliphatic imine (C=N–C) groups is 1. The number of anilines is 3. The molecule has 0 saturated heterocycles. The highest BCUT2D eigenvalue weighted by Gasteiger charge is 2.15. The van der Waals surface area contributed by atoms with E-state index in [1.807, 2.05) is 35.9 Å². The minimum absolute atomic E-state index is 0.154. The lowest BCUT2D eigenvalue weighted by molar-refractivity contribution is -0.114. The standard InChI is InChI=1S/C26H29Cl2N9O2/c1-36-15-18(32-23(38)14-31-26(29)30)13-22(36)24-34-20-6-5-16(11-21(20)35-24)25(39)33-17-3-2-4-19(12-17)37(9-7-27)10-8-28/h2-6,11-13,15H,7-10,14H2,1H3,(H,32,38)(H,33,39)(H,34,35)(H4,29,30,31). The smallest absolute Gasteiger partial charge is 0.255 e. The molecule has 2 amide bonds. The predicted molar refractivity (Wildman–Crippen MR) is 158 cm³/mol. The first-order valence-corrected chi connectivity index (χ1v) is 13.1. The molecule has 2 aromatic carbocycles. The van der Waals surface area contributed by atoms with E-state index in [-0.39, 0.29) is 24.3 Å². The number of nitrogens with one attached hydrogen (secondary N) is 3. The average Bonchev–Trinajstić information content (AvgIpc) is 3.49. The van der Waals surface area contributed by atoms with Crippen LogP contribution in [-0.2, 0) is 11.8 Å². The Bertz CT molecular complexity index is 1500. The molecule has 0 spiro atoms. The topological polar surface area (TPSA) is 159 Å². The van der Waals surface area contributed by atoms with Crippen molar-refractivity contribution in [3.63, 3.8) is 0 Å². The highest BCUT2D eigenvalue weighted by Crippen LogP contribution is 2.26. The lowest BCUT2D eigenvalue weighted by Crippen LogP contribution is -2.27. The molecule has 4 aromatic rings. The number of H-pyrrole nitrogens is 1. The number of carbonyl (C=O) groups excluding carboxylic acids is 2. The fourth-order valence-corrected chi connectivity index (χ4v) is 4.47. The number of hydrogen-bond acceptors (Lipinski definition) is 5. The normalized spacial score (nSPS) is 10.8. The van der Waals surface area contributed by atoms with E-state index in [9.17, 15) is 9.59 Å². The lowest BCUT2D eigenvalue weighted by Gasteiger charge is -2.23. The molecule has 0 fully saturated rings. The molecule has 0 aliphatic carbocycles. The van der Waals surface area contributed by atoms with Crippen molar-refractivity contribution in [3.8, 4) is 11.5 Å². The molecule has 7 N–H and O–H groups in total. The van der Waals surface area contributed by atoms with Crippen molar-refractivity contribution in [2.45, 2.75) is 0 Å². The van der Waals surface area contributed by atoms with Gasteiger partial charge < -0.3 is 36.6 Å². The largest absolute Gasteiger partial charge is 0.370 e. The van der Waals surface area contributed by atoms with Crippen LogP contribution < -0.4 is 27.0 Å². The molecule has 0 bridgehead atoms. The summed E-state index contributed by atoms with van der Waals surface area (Å²) in [5, 5.41) is 5.70. The van der Waals surface area contributed by atoms with Crippen molar-refractivity contribution in [1.29, 1.82) is 0 Å². The maximum Gasteiger partial charge on any atom is 0.255 e. The van der Waals surface area contributed by atoms with E-state index in [1.165, 1.54) is 0 Å². The van der Waals surface area contributed by atoms with E-state index in [0.717, 1.165) is 11.4 Å². The first kappa shape index (κ1) is 27.8. The van der Waals surface area contributed by atoms with Gasteiger partial charge >= 0.3 is 0 Å². The molecule has 0 radical (unpaired) electrons. The van der Waals surface area contributed by atoms with Crippen molar-refractivity contribution < 1.29 is 9.59 Å². The van der Waals surface area contributed by atoms with Gasteiger partial charge in [-0.05, 0) is 42.5 Å². The number of halogens is 2. The fraction of sp³-hybridized carbons (Fsp3) is 0.231. The van der Waals surface area contributed by atoms with Gasteiger partial charge in [0.25, 0.3) is 5.91 Å². The van der Waals surface area contributed by atoms with Crippen LogP contribution in [0.15, 0.2) is 59.7 Å². The molecule has 13 heteroatoms. The molecule has 0 atom stereocenters. The second kappa shape index (κ2) is 12.5. The number of fused-ring (bicyclic) bond motifs is 1. The lowest BCUT2D eigenvalue weighted by atomic mass is 10.1. The molecule has 204 valence electrons. The first-order chi connectivity index (χ1) is 18.8. The van der Waals surface area contributed by atoms with Crippen LogP contribution in [0.3, 0.4) is 0 Å². The van der Waals surface area contributed by atoms with Crippen molar-refractivity contribution in [1.82, 2.24) is 14.5 Å². The first-order valence-electron chi connectivity index (χ1n) is 12.1. The van der Waals surface area contributed by atoms with Crippen LogP contribution in [0, 0.1) is 0 Å². The van der Waals surface area contributed by atoms with Gasteiger partial charge in [0.05, 0.1) is 22.4 Å². The zero-order valence-corrected chi connectivity index (χ0v) is 22.8. The van der Waals surface area contributed by atoms with Gasteiger partial charge in [0, 0.05) is 55.0 Å². The monoisotopic (exact) mass is 569 g/mol. The fourth-order valence-electron chi connectivity index (χ4n) is 4.06. The van der Waals surface area contributed by atoms with Gasteiger partial charge in [0.2, 0.25) is 5.91 Å². The number of amides is 2. The van der Waals surface area contributed by atoms with Crippen LogP contribution in [0.1, 0.15) is 10.4 Å². The van der Waals surface area contributed by atoms with Crippen LogP contribution in [0.25, 0.3) is 22.6 Å². The van der Waals surface area contributed by atoms with Crippen molar-refractivity contribution in [2.75, 3.05) is 46.9 Å². The van der Waals surface area contributed by atoms with Crippen LogP contribution >= 0.6 is 23.2 Å². The summed E-state index contributed by atoms with van der Waals surface area (Å²) in [6.07, 6.45) is 1.75. The maximum absolute atomic E-state index is 13.1. The van der Waals surface area contributed by atoms with E-state index in [0.29, 0.717) is 58.6 Å². The third kappa shape index (κ3) is 7.01. The van der Waals surface area contributed by atoms with Crippen LogP contribution in [0.5, 0.6) is 0 Å². The number of alkyl halides is 2. The van der Waals surface area contributed by atoms with Gasteiger partial charge in [-0.25, -0.2) is 9.98 Å². The summed E-state index contributed by atoms with van der Waals surface area (Å²) in [5.41, 5.74) is 15.3. The number of aromatic nitrogens is 3. The van der Waals surface area contributed by atoms with E-state index < -0.39 is 0 Å². The average molecular weight is 570 g/mol. The molecular formula is C26H29Cl2N9O2. The number of nitrogens with zero attached hydrogens (tertiary/aromatic N) is 4. The van der Waals surface area contributed by atoms with Crippen LogP contribution in [0.4, 0.5) is 17.1 Å². The van der Waals surface area contributed by atoms with Gasteiger partial charge in [0.1, 0.15) is 6.54 Å². The number of hydrogen-bond donors (Lipinski definition) is 5. The Hall–Kier alpha value is -4.22. The second-order valence-corrected chi connectivity index (χ2v) is 9.46. The molecule has 39 heavy (non-hydrogen) atoms. The number of benzene rings is 2.